The van der Waals surface area contributed by atoms with Gasteiger partial charge in [0.15, 0.2) is 0 Å². The molecule has 0 spiro atoms. The monoisotopic (exact) mass is 253 g/mol. The van der Waals surface area contributed by atoms with Crippen molar-refractivity contribution in [1.29, 1.82) is 0 Å². The van der Waals surface area contributed by atoms with Crippen LogP contribution in [0.4, 0.5) is 0 Å². The molecule has 0 aliphatic heterocycles. The van der Waals surface area contributed by atoms with Crippen LogP contribution >= 0.6 is 0 Å². The topological polar surface area (TPSA) is 63.5 Å². The second-order valence-electron chi connectivity index (χ2n) is 4.54. The molecule has 3 N–H and O–H groups in total. The predicted molar refractivity (Wildman–Crippen MR) is 74.0 cm³/mol. The predicted octanol–water partition coefficient (Wildman–Crippen LogP) is 2.09. The minimum Gasteiger partial charge on any atom is -0.508 e. The number of nitrogens with zero attached hydrogens (tertiary/aromatic N) is 2. The van der Waals surface area contributed by atoms with E-state index in [9.17, 15) is 5.11 Å². The lowest BCUT2D eigenvalue weighted by Crippen LogP contribution is -1.96. The molecule has 0 saturated heterocycles. The highest BCUT2D eigenvalue weighted by Gasteiger charge is 2.06. The van der Waals surface area contributed by atoms with Gasteiger partial charge < -0.3 is 15.2 Å². The summed E-state index contributed by atoms with van der Waals surface area (Å²) in [7, 11) is 0. The highest BCUT2D eigenvalue weighted by molar-refractivity contribution is 5.44. The fourth-order valence-electron chi connectivity index (χ4n) is 2.14. The summed E-state index contributed by atoms with van der Waals surface area (Å²) in [5, 5.41) is 9.78. The van der Waals surface area contributed by atoms with Crippen molar-refractivity contribution in [3.63, 3.8) is 0 Å². The normalized spacial score (nSPS) is 11.0. The number of nitrogens with two attached hydrogens (primary N) is 1. The Morgan fingerprint density at radius 1 is 1.21 bits per heavy atom. The van der Waals surface area contributed by atoms with Crippen molar-refractivity contribution in [1.82, 2.24) is 9.38 Å². The van der Waals surface area contributed by atoms with Crippen LogP contribution in [0.5, 0.6) is 5.75 Å². The molecule has 2 heterocycles. The standard InChI is InChI=1S/C15H15N3O/c16-9-11-5-6-18-10-13(17-15(18)7-11)8-12-3-1-2-4-14(12)19/h1-7,10,19H,8-9,16H2. The number of hydrogen-bond donors (Lipinski definition) is 2. The zero-order valence-corrected chi connectivity index (χ0v) is 10.5. The highest BCUT2D eigenvalue weighted by atomic mass is 16.3. The molecule has 0 fully saturated rings. The molecule has 0 radical (unpaired) electrons. The highest BCUT2D eigenvalue weighted by Crippen LogP contribution is 2.19. The molecule has 4 heteroatoms. The van der Waals surface area contributed by atoms with Gasteiger partial charge in [0.25, 0.3) is 0 Å². The molecule has 3 aromatic rings. The van der Waals surface area contributed by atoms with E-state index in [1.165, 1.54) is 0 Å². The zero-order valence-electron chi connectivity index (χ0n) is 10.5. The number of imidazole rings is 1. The van der Waals surface area contributed by atoms with Crippen LogP contribution in [0.1, 0.15) is 16.8 Å². The molecule has 0 atom stereocenters. The molecule has 0 unspecified atom stereocenters. The quantitative estimate of drug-likeness (QED) is 0.751. The van der Waals surface area contributed by atoms with E-state index in [0.29, 0.717) is 18.7 Å². The van der Waals surface area contributed by atoms with E-state index in [1.807, 2.05) is 47.1 Å². The van der Waals surface area contributed by atoms with Crippen molar-refractivity contribution in [2.45, 2.75) is 13.0 Å². The van der Waals surface area contributed by atoms with E-state index in [-0.39, 0.29) is 0 Å². The van der Waals surface area contributed by atoms with E-state index in [1.54, 1.807) is 6.07 Å². The van der Waals surface area contributed by atoms with Crippen LogP contribution in [0.3, 0.4) is 0 Å². The summed E-state index contributed by atoms with van der Waals surface area (Å²) in [6.07, 6.45) is 4.55. The smallest absolute Gasteiger partial charge is 0.137 e. The molecule has 2 aromatic heterocycles. The summed E-state index contributed by atoms with van der Waals surface area (Å²) in [5.74, 6) is 0.308. The lowest BCUT2D eigenvalue weighted by atomic mass is 10.1. The third-order valence-electron chi connectivity index (χ3n) is 3.17. The summed E-state index contributed by atoms with van der Waals surface area (Å²) in [6.45, 7) is 0.512. The van der Waals surface area contributed by atoms with Gasteiger partial charge in [-0.1, -0.05) is 18.2 Å². The number of aromatic nitrogens is 2. The van der Waals surface area contributed by atoms with Crippen LogP contribution in [0.15, 0.2) is 48.8 Å². The number of benzene rings is 1. The molecule has 1 aromatic carbocycles. The lowest BCUT2D eigenvalue weighted by molar-refractivity contribution is 0.469. The molecule has 4 nitrogen and oxygen atoms in total. The Morgan fingerprint density at radius 3 is 2.84 bits per heavy atom. The van der Waals surface area contributed by atoms with Crippen molar-refractivity contribution in [3.05, 3.63) is 65.6 Å². The van der Waals surface area contributed by atoms with Crippen molar-refractivity contribution in [2.24, 2.45) is 5.73 Å². The summed E-state index contributed by atoms with van der Waals surface area (Å²) in [6, 6.07) is 11.3. The lowest BCUT2D eigenvalue weighted by Gasteiger charge is -2.00. The zero-order chi connectivity index (χ0) is 13.2. The number of fused-ring (bicyclic) bond motifs is 1. The van der Waals surface area contributed by atoms with E-state index in [4.69, 9.17) is 5.73 Å². The molecule has 0 saturated carbocycles. The van der Waals surface area contributed by atoms with E-state index in [0.717, 1.165) is 22.5 Å². The first kappa shape index (κ1) is 11.7. The Hall–Kier alpha value is -2.33. The van der Waals surface area contributed by atoms with Crippen molar-refractivity contribution in [2.75, 3.05) is 0 Å². The van der Waals surface area contributed by atoms with Crippen LogP contribution in [-0.2, 0) is 13.0 Å². The maximum Gasteiger partial charge on any atom is 0.137 e. The Kier molecular flexibility index (Phi) is 2.93. The van der Waals surface area contributed by atoms with E-state index < -0.39 is 0 Å². The molecular weight excluding hydrogens is 238 g/mol. The summed E-state index contributed by atoms with van der Waals surface area (Å²) in [4.78, 5) is 4.55. The van der Waals surface area contributed by atoms with Crippen LogP contribution in [0.2, 0.25) is 0 Å². The van der Waals surface area contributed by atoms with Crippen LogP contribution in [0.25, 0.3) is 5.65 Å². The second kappa shape index (κ2) is 4.74. The van der Waals surface area contributed by atoms with Gasteiger partial charge in [0.1, 0.15) is 11.4 Å². The number of hydrogen-bond acceptors (Lipinski definition) is 3. The minimum absolute atomic E-state index is 0.308. The number of phenolic OH excluding ortho intramolecular Hbond substituents is 1. The Balaban J connectivity index is 1.95. The number of phenols is 1. The molecule has 0 aliphatic rings. The van der Waals surface area contributed by atoms with Gasteiger partial charge in [-0.2, -0.15) is 0 Å². The number of aromatic hydroxyl groups is 1. The van der Waals surface area contributed by atoms with Crippen LogP contribution in [0, 0.1) is 0 Å². The first-order valence-corrected chi connectivity index (χ1v) is 6.20. The van der Waals surface area contributed by atoms with Crippen molar-refractivity contribution >= 4 is 5.65 Å². The van der Waals surface area contributed by atoms with Crippen molar-refractivity contribution < 1.29 is 5.11 Å². The third kappa shape index (κ3) is 2.30. The molecule has 0 aliphatic carbocycles. The van der Waals surface area contributed by atoms with Gasteiger partial charge in [-0.05, 0) is 29.3 Å². The Morgan fingerprint density at radius 2 is 2.05 bits per heavy atom. The minimum atomic E-state index is 0.308. The maximum absolute atomic E-state index is 9.78. The first-order valence-electron chi connectivity index (χ1n) is 6.20. The molecular formula is C15H15N3O. The largest absolute Gasteiger partial charge is 0.508 e. The van der Waals surface area contributed by atoms with Gasteiger partial charge in [-0.15, -0.1) is 0 Å². The van der Waals surface area contributed by atoms with Gasteiger partial charge in [-0.25, -0.2) is 4.98 Å². The molecule has 19 heavy (non-hydrogen) atoms. The van der Waals surface area contributed by atoms with Crippen LogP contribution in [-0.4, -0.2) is 14.5 Å². The maximum atomic E-state index is 9.78. The Labute approximate surface area is 111 Å². The van der Waals surface area contributed by atoms with Gasteiger partial charge in [-0.3, -0.25) is 0 Å². The third-order valence-corrected chi connectivity index (χ3v) is 3.17. The van der Waals surface area contributed by atoms with Gasteiger partial charge in [0, 0.05) is 25.4 Å². The SMILES string of the molecule is NCc1ccn2cc(Cc3ccccc3O)nc2c1. The summed E-state index contributed by atoms with van der Waals surface area (Å²) >= 11 is 0. The van der Waals surface area contributed by atoms with Gasteiger partial charge in [0.05, 0.1) is 5.69 Å². The Bertz CT molecular complexity index is 718. The fraction of sp³-hybridized carbons (Fsp3) is 0.133. The van der Waals surface area contributed by atoms with Gasteiger partial charge >= 0.3 is 0 Å². The summed E-state index contributed by atoms with van der Waals surface area (Å²) < 4.78 is 1.97. The van der Waals surface area contributed by atoms with Crippen LogP contribution < -0.4 is 5.73 Å². The molecule has 0 bridgehead atoms. The van der Waals surface area contributed by atoms with E-state index >= 15 is 0 Å². The number of rotatable bonds is 3. The fourth-order valence-corrected chi connectivity index (χ4v) is 2.14. The average Bonchev–Trinajstić information content (AvgIpc) is 2.82. The van der Waals surface area contributed by atoms with Crippen molar-refractivity contribution in [3.8, 4) is 5.75 Å². The van der Waals surface area contributed by atoms with E-state index in [2.05, 4.69) is 4.98 Å². The molecule has 0 amide bonds. The number of para-hydroxylation sites is 1. The first-order chi connectivity index (χ1) is 9.26. The summed E-state index contributed by atoms with van der Waals surface area (Å²) in [5.41, 5.74) is 9.37. The number of pyridine rings is 1. The molecule has 3 rings (SSSR count). The molecule has 96 valence electrons. The average molecular weight is 253 g/mol. The second-order valence-corrected chi connectivity index (χ2v) is 4.54. The van der Waals surface area contributed by atoms with Gasteiger partial charge in [0.2, 0.25) is 0 Å².